The Morgan fingerprint density at radius 1 is 1.00 bits per heavy atom. The van der Waals surface area contributed by atoms with E-state index in [1.807, 2.05) is 26.0 Å². The van der Waals surface area contributed by atoms with Gasteiger partial charge >= 0.3 is 5.97 Å². The second-order valence-corrected chi connectivity index (χ2v) is 9.69. The maximum Gasteiger partial charge on any atom is 0.306 e. The number of benzene rings is 1. The predicted molar refractivity (Wildman–Crippen MR) is 103 cm³/mol. The Labute approximate surface area is 152 Å². The molecule has 0 aliphatic rings. The smallest absolute Gasteiger partial charge is 0.306 e. The summed E-state index contributed by atoms with van der Waals surface area (Å²) in [5, 5.41) is 10.7. The van der Waals surface area contributed by atoms with Crippen molar-refractivity contribution in [3.63, 3.8) is 0 Å². The Morgan fingerprint density at radius 2 is 1.44 bits per heavy atom. The van der Waals surface area contributed by atoms with Gasteiger partial charge in [0.15, 0.2) is 0 Å². The third kappa shape index (κ3) is 6.69. The Morgan fingerprint density at radius 3 is 1.80 bits per heavy atom. The number of aryl methyl sites for hydroxylation is 1. The van der Waals surface area contributed by atoms with Gasteiger partial charge < -0.3 is 15.6 Å². The summed E-state index contributed by atoms with van der Waals surface area (Å²) < 4.78 is 5.23. The van der Waals surface area contributed by atoms with Crippen LogP contribution in [0.5, 0.6) is 5.75 Å². The highest BCUT2D eigenvalue weighted by Gasteiger charge is 2.26. The normalized spacial score (nSPS) is 13.0. The predicted octanol–water partition coefficient (Wildman–Crippen LogP) is 4.20. The zero-order chi connectivity index (χ0) is 19.6. The van der Waals surface area contributed by atoms with Crippen molar-refractivity contribution in [1.29, 1.82) is 0 Å². The van der Waals surface area contributed by atoms with E-state index in [0.717, 1.165) is 16.7 Å². The van der Waals surface area contributed by atoms with Crippen LogP contribution in [0.1, 0.15) is 78.5 Å². The van der Waals surface area contributed by atoms with Gasteiger partial charge in [0, 0.05) is 12.0 Å². The summed E-state index contributed by atoms with van der Waals surface area (Å²) in [5.74, 6) is 0.109. The van der Waals surface area contributed by atoms with Gasteiger partial charge in [0.25, 0.3) is 0 Å². The van der Waals surface area contributed by atoms with Crippen molar-refractivity contribution in [1.82, 2.24) is 0 Å². The summed E-state index contributed by atoms with van der Waals surface area (Å²) in [4.78, 5) is 12.0. The average molecular weight is 350 g/mol. The third-order valence-corrected chi connectivity index (χ3v) is 4.01. The van der Waals surface area contributed by atoms with Gasteiger partial charge in [0.2, 0.25) is 0 Å². The Bertz CT molecular complexity index is 578. The molecule has 0 atom stereocenters. The molecule has 0 saturated carbocycles. The van der Waals surface area contributed by atoms with Gasteiger partial charge in [-0.3, -0.25) is 4.79 Å². The highest BCUT2D eigenvalue weighted by atomic mass is 16.5. The Hall–Kier alpha value is -1.55. The molecule has 0 amide bonds. The monoisotopic (exact) mass is 349 g/mol. The van der Waals surface area contributed by atoms with Gasteiger partial charge in [0.1, 0.15) is 12.4 Å². The number of rotatable bonds is 5. The molecule has 0 fully saturated rings. The SMILES string of the molecule is CC(C)(N)COC(=O)CCc1cc(C(C)(C)C)c(O)c(C(C)(C)C)c1. The summed E-state index contributed by atoms with van der Waals surface area (Å²) in [6.45, 7) is 16.3. The van der Waals surface area contributed by atoms with Crippen LogP contribution in [0.15, 0.2) is 12.1 Å². The first-order valence-electron chi connectivity index (χ1n) is 8.92. The van der Waals surface area contributed by atoms with Gasteiger partial charge in [-0.15, -0.1) is 0 Å². The van der Waals surface area contributed by atoms with Crippen LogP contribution in [-0.4, -0.2) is 23.2 Å². The first kappa shape index (κ1) is 21.5. The molecule has 1 rings (SSSR count). The lowest BCUT2D eigenvalue weighted by atomic mass is 9.78. The molecule has 0 radical (unpaired) electrons. The molecular formula is C21H35NO3. The highest BCUT2D eigenvalue weighted by molar-refractivity contribution is 5.70. The number of phenols is 1. The van der Waals surface area contributed by atoms with Gasteiger partial charge in [-0.2, -0.15) is 0 Å². The van der Waals surface area contributed by atoms with Crippen molar-refractivity contribution in [3.05, 3.63) is 28.8 Å². The zero-order valence-corrected chi connectivity index (χ0v) is 17.1. The van der Waals surface area contributed by atoms with Crippen molar-refractivity contribution in [2.45, 2.75) is 84.6 Å². The van der Waals surface area contributed by atoms with E-state index in [1.54, 1.807) is 0 Å². The Kier molecular flexibility index (Phi) is 6.33. The fourth-order valence-corrected chi connectivity index (χ4v) is 2.57. The number of esters is 1. The maximum absolute atomic E-state index is 12.0. The molecule has 4 heteroatoms. The minimum atomic E-state index is -0.521. The summed E-state index contributed by atoms with van der Waals surface area (Å²) in [6, 6.07) is 4.01. The minimum absolute atomic E-state index is 0.176. The van der Waals surface area contributed by atoms with E-state index >= 15 is 0 Å². The molecule has 3 N–H and O–H groups in total. The van der Waals surface area contributed by atoms with E-state index in [4.69, 9.17) is 10.5 Å². The summed E-state index contributed by atoms with van der Waals surface area (Å²) >= 11 is 0. The molecule has 1 aromatic rings. The van der Waals surface area contributed by atoms with Crippen molar-refractivity contribution >= 4 is 5.97 Å². The molecule has 0 spiro atoms. The quantitative estimate of drug-likeness (QED) is 0.781. The van der Waals surface area contributed by atoms with Crippen molar-refractivity contribution in [3.8, 4) is 5.75 Å². The fourth-order valence-electron chi connectivity index (χ4n) is 2.57. The molecule has 0 heterocycles. The van der Waals surface area contributed by atoms with E-state index in [1.165, 1.54) is 0 Å². The van der Waals surface area contributed by atoms with E-state index in [9.17, 15) is 9.90 Å². The van der Waals surface area contributed by atoms with Crippen LogP contribution in [0.3, 0.4) is 0 Å². The van der Waals surface area contributed by atoms with Crippen molar-refractivity contribution in [2.75, 3.05) is 6.61 Å². The van der Waals surface area contributed by atoms with Gasteiger partial charge in [-0.25, -0.2) is 0 Å². The van der Waals surface area contributed by atoms with E-state index in [0.29, 0.717) is 18.6 Å². The standard InChI is InChI=1S/C21H35NO3/c1-19(2,3)15-11-14(12-16(18(15)24)20(4,5)6)9-10-17(23)25-13-21(7,8)22/h11-12,24H,9-10,13,22H2,1-8H3. The first-order valence-corrected chi connectivity index (χ1v) is 8.92. The van der Waals surface area contributed by atoms with Crippen molar-refractivity contribution in [2.24, 2.45) is 5.73 Å². The molecule has 0 aliphatic carbocycles. The second kappa shape index (κ2) is 7.36. The Balaban J connectivity index is 3.02. The number of phenolic OH excluding ortho intramolecular Hbond substituents is 1. The van der Waals surface area contributed by atoms with Crippen molar-refractivity contribution < 1.29 is 14.6 Å². The number of hydrogen-bond acceptors (Lipinski definition) is 4. The number of ether oxygens (including phenoxy) is 1. The summed E-state index contributed by atoms with van der Waals surface area (Å²) in [6.07, 6.45) is 0.879. The third-order valence-electron chi connectivity index (χ3n) is 4.01. The van der Waals surface area contributed by atoms with E-state index in [-0.39, 0.29) is 23.4 Å². The average Bonchev–Trinajstić information content (AvgIpc) is 2.40. The van der Waals surface area contributed by atoms with Gasteiger partial charge in [0.05, 0.1) is 0 Å². The van der Waals surface area contributed by atoms with Crippen LogP contribution in [0.2, 0.25) is 0 Å². The van der Waals surface area contributed by atoms with Crippen LogP contribution in [0.25, 0.3) is 0 Å². The van der Waals surface area contributed by atoms with Gasteiger partial charge in [-0.05, 0) is 47.8 Å². The lowest BCUT2D eigenvalue weighted by Crippen LogP contribution is -2.38. The van der Waals surface area contributed by atoms with Crippen LogP contribution < -0.4 is 5.73 Å². The molecule has 0 aliphatic heterocycles. The van der Waals surface area contributed by atoms with Crippen LogP contribution in [-0.2, 0) is 26.8 Å². The lowest BCUT2D eigenvalue weighted by molar-refractivity contribution is -0.145. The largest absolute Gasteiger partial charge is 0.507 e. The zero-order valence-electron chi connectivity index (χ0n) is 17.1. The molecule has 0 bridgehead atoms. The molecule has 142 valence electrons. The van der Waals surface area contributed by atoms with E-state index in [2.05, 4.69) is 41.5 Å². The number of carbonyl (C=O) groups excluding carboxylic acids is 1. The lowest BCUT2D eigenvalue weighted by Gasteiger charge is -2.28. The number of carbonyl (C=O) groups is 1. The van der Waals surface area contributed by atoms with Gasteiger partial charge in [-0.1, -0.05) is 53.7 Å². The topological polar surface area (TPSA) is 72.5 Å². The molecule has 1 aromatic carbocycles. The number of nitrogens with two attached hydrogens (primary N) is 1. The van der Waals surface area contributed by atoms with Crippen LogP contribution >= 0.6 is 0 Å². The summed E-state index contributed by atoms with van der Waals surface area (Å²) in [5.41, 5.74) is 7.82. The number of aromatic hydroxyl groups is 1. The summed E-state index contributed by atoms with van der Waals surface area (Å²) in [7, 11) is 0. The molecule has 0 aromatic heterocycles. The van der Waals surface area contributed by atoms with Crippen LogP contribution in [0, 0.1) is 0 Å². The molecular weight excluding hydrogens is 314 g/mol. The highest BCUT2D eigenvalue weighted by Crippen LogP contribution is 2.39. The molecule has 25 heavy (non-hydrogen) atoms. The second-order valence-electron chi connectivity index (χ2n) is 9.69. The fraction of sp³-hybridized carbons (Fsp3) is 0.667. The number of hydrogen-bond donors (Lipinski definition) is 2. The molecule has 0 unspecified atom stereocenters. The van der Waals surface area contributed by atoms with E-state index < -0.39 is 5.54 Å². The first-order chi connectivity index (χ1) is 11.1. The minimum Gasteiger partial charge on any atom is -0.507 e. The van der Waals surface area contributed by atoms with Crippen LogP contribution in [0.4, 0.5) is 0 Å². The maximum atomic E-state index is 12.0. The molecule has 4 nitrogen and oxygen atoms in total. The molecule has 0 saturated heterocycles.